The number of unbranched alkanes of at least 4 members (excludes halogenated alkanes) is 29. The van der Waals surface area contributed by atoms with E-state index in [1.807, 2.05) is 0 Å². The summed E-state index contributed by atoms with van der Waals surface area (Å²) in [5, 5.41) is 23.8. The molecule has 366 valence electrons. The van der Waals surface area contributed by atoms with Crippen molar-refractivity contribution >= 4 is 11.9 Å². The molecule has 0 saturated carbocycles. The Morgan fingerprint density at radius 3 is 1.30 bits per heavy atom. The van der Waals surface area contributed by atoms with Gasteiger partial charge in [-0.3, -0.25) is 9.59 Å². The van der Waals surface area contributed by atoms with E-state index in [1.54, 1.807) is 0 Å². The molecule has 0 spiro atoms. The summed E-state index contributed by atoms with van der Waals surface area (Å²) in [7, 11) is 0. The molecule has 0 aromatic rings. The molecule has 3 N–H and O–H groups in total. The van der Waals surface area contributed by atoms with Crippen LogP contribution in [0.5, 0.6) is 0 Å². The number of carbonyl (C=O) groups is 2. The molecule has 0 aromatic carbocycles. The van der Waals surface area contributed by atoms with E-state index in [2.05, 4.69) is 86.8 Å². The highest BCUT2D eigenvalue weighted by Crippen LogP contribution is 2.18. The van der Waals surface area contributed by atoms with Gasteiger partial charge in [0.2, 0.25) is 5.91 Å². The molecule has 0 saturated heterocycles. The van der Waals surface area contributed by atoms with E-state index < -0.39 is 18.2 Å². The number of hydrogen-bond donors (Lipinski definition) is 3. The van der Waals surface area contributed by atoms with Crippen LogP contribution < -0.4 is 5.32 Å². The van der Waals surface area contributed by atoms with Gasteiger partial charge in [-0.15, -0.1) is 0 Å². The first-order chi connectivity index (χ1) is 31.0. The number of rotatable bonds is 48. The first-order valence-corrected chi connectivity index (χ1v) is 27.1. The smallest absolute Gasteiger partial charge is 0.306 e. The van der Waals surface area contributed by atoms with Crippen molar-refractivity contribution in [1.29, 1.82) is 0 Å². The maximum absolute atomic E-state index is 13.2. The minimum absolute atomic E-state index is 0.0525. The van der Waals surface area contributed by atoms with Gasteiger partial charge in [0.25, 0.3) is 0 Å². The largest absolute Gasteiger partial charge is 0.462 e. The highest BCUT2D eigenvalue weighted by molar-refractivity contribution is 5.77. The summed E-state index contributed by atoms with van der Waals surface area (Å²) in [5.74, 6) is -0.522. The summed E-state index contributed by atoms with van der Waals surface area (Å²) in [6.45, 7) is 6.35. The van der Waals surface area contributed by atoms with Gasteiger partial charge < -0.3 is 20.3 Å². The maximum Gasteiger partial charge on any atom is 0.306 e. The minimum atomic E-state index is -0.800. The third kappa shape index (κ3) is 45.9. The summed E-state index contributed by atoms with van der Waals surface area (Å²) in [5.41, 5.74) is 0. The Hall–Kier alpha value is -2.44. The molecule has 0 aliphatic heterocycles. The molecule has 0 aromatic heterocycles. The summed E-state index contributed by atoms with van der Waals surface area (Å²) in [6.07, 6.45) is 62.8. The highest BCUT2D eigenvalue weighted by atomic mass is 16.5. The Morgan fingerprint density at radius 2 is 0.857 bits per heavy atom. The minimum Gasteiger partial charge on any atom is -0.462 e. The Morgan fingerprint density at radius 1 is 0.476 bits per heavy atom. The monoisotopic (exact) mass is 882 g/mol. The fourth-order valence-corrected chi connectivity index (χ4v) is 8.07. The zero-order valence-electron chi connectivity index (χ0n) is 41.7. The van der Waals surface area contributed by atoms with Crippen molar-refractivity contribution in [3.63, 3.8) is 0 Å². The predicted molar refractivity (Wildman–Crippen MR) is 273 cm³/mol. The number of esters is 1. The van der Waals surface area contributed by atoms with Gasteiger partial charge >= 0.3 is 5.97 Å². The van der Waals surface area contributed by atoms with E-state index in [4.69, 9.17) is 4.74 Å². The number of ether oxygens (including phenoxy) is 1. The summed E-state index contributed by atoms with van der Waals surface area (Å²) >= 11 is 0. The molecule has 6 nitrogen and oxygen atoms in total. The van der Waals surface area contributed by atoms with Gasteiger partial charge in [0.05, 0.1) is 25.2 Å². The van der Waals surface area contributed by atoms with E-state index in [1.165, 1.54) is 122 Å². The van der Waals surface area contributed by atoms with E-state index in [0.29, 0.717) is 19.3 Å². The summed E-state index contributed by atoms with van der Waals surface area (Å²) in [4.78, 5) is 26.2. The number of nitrogens with one attached hydrogen (secondary N) is 1. The first kappa shape index (κ1) is 60.6. The van der Waals surface area contributed by atoms with Crippen LogP contribution in [0.3, 0.4) is 0 Å². The van der Waals surface area contributed by atoms with Crippen LogP contribution in [0, 0.1) is 0 Å². The Labute approximate surface area is 390 Å². The van der Waals surface area contributed by atoms with Gasteiger partial charge in [0, 0.05) is 6.42 Å². The molecular formula is C57H103NO5. The van der Waals surface area contributed by atoms with Gasteiger partial charge in [0.1, 0.15) is 6.10 Å². The van der Waals surface area contributed by atoms with Crippen molar-refractivity contribution in [3.8, 4) is 0 Å². The van der Waals surface area contributed by atoms with E-state index in [0.717, 1.165) is 96.3 Å². The average Bonchev–Trinajstić information content (AvgIpc) is 3.28. The Bertz CT molecular complexity index is 1130. The van der Waals surface area contributed by atoms with Crippen molar-refractivity contribution in [2.24, 2.45) is 0 Å². The normalized spacial score (nSPS) is 13.7. The van der Waals surface area contributed by atoms with Crippen molar-refractivity contribution in [2.45, 2.75) is 283 Å². The summed E-state index contributed by atoms with van der Waals surface area (Å²) in [6, 6.07) is -0.715. The lowest BCUT2D eigenvalue weighted by Crippen LogP contribution is -2.46. The SMILES string of the molecule is CC/C=C/C=C/C=C/CCCCCCCC(CC(=O)NC(CO)C(O)CCCCCCCCCCCCCCCCC)OC(=O)CCCCC/C=C/C=C/CCCCCCCCC. The molecule has 3 unspecified atom stereocenters. The second kappa shape index (κ2) is 50.6. The Balaban J connectivity index is 4.60. The molecule has 63 heavy (non-hydrogen) atoms. The van der Waals surface area contributed by atoms with Crippen LogP contribution in [0.15, 0.2) is 60.8 Å². The number of amides is 1. The van der Waals surface area contributed by atoms with Gasteiger partial charge in [-0.2, -0.15) is 0 Å². The first-order valence-electron chi connectivity index (χ1n) is 27.1. The fourth-order valence-electron chi connectivity index (χ4n) is 8.07. The third-order valence-corrected chi connectivity index (χ3v) is 12.2. The molecule has 0 heterocycles. The predicted octanol–water partition coefficient (Wildman–Crippen LogP) is 16.4. The second-order valence-electron chi connectivity index (χ2n) is 18.3. The molecule has 3 atom stereocenters. The van der Waals surface area contributed by atoms with Gasteiger partial charge in [-0.25, -0.2) is 0 Å². The molecule has 6 heteroatoms. The zero-order chi connectivity index (χ0) is 45.9. The lowest BCUT2D eigenvalue weighted by Gasteiger charge is -2.24. The maximum atomic E-state index is 13.2. The number of aliphatic hydroxyl groups excluding tert-OH is 2. The van der Waals surface area contributed by atoms with Crippen LogP contribution in [0.4, 0.5) is 0 Å². The number of allylic oxidation sites excluding steroid dienone is 10. The molecule has 0 aliphatic carbocycles. The third-order valence-electron chi connectivity index (χ3n) is 12.2. The summed E-state index contributed by atoms with van der Waals surface area (Å²) < 4.78 is 5.92. The van der Waals surface area contributed by atoms with Gasteiger partial charge in [0.15, 0.2) is 0 Å². The second-order valence-corrected chi connectivity index (χ2v) is 18.3. The molecular weight excluding hydrogens is 779 g/mol. The van der Waals surface area contributed by atoms with Crippen LogP contribution in [-0.2, 0) is 14.3 Å². The lowest BCUT2D eigenvalue weighted by molar-refractivity contribution is -0.151. The molecule has 0 aliphatic rings. The van der Waals surface area contributed by atoms with Crippen molar-refractivity contribution in [3.05, 3.63) is 60.8 Å². The average molecular weight is 882 g/mol. The van der Waals surface area contributed by atoms with Crippen LogP contribution in [-0.4, -0.2) is 46.9 Å². The van der Waals surface area contributed by atoms with Crippen LogP contribution in [0.1, 0.15) is 265 Å². The van der Waals surface area contributed by atoms with Crippen LogP contribution in [0.25, 0.3) is 0 Å². The quantitative estimate of drug-likeness (QED) is 0.0321. The highest BCUT2D eigenvalue weighted by Gasteiger charge is 2.24. The lowest BCUT2D eigenvalue weighted by atomic mass is 10.0. The molecule has 0 radical (unpaired) electrons. The van der Waals surface area contributed by atoms with Crippen LogP contribution >= 0.6 is 0 Å². The Kier molecular flexibility index (Phi) is 48.6. The van der Waals surface area contributed by atoms with Crippen LogP contribution in [0.2, 0.25) is 0 Å². The molecule has 0 rings (SSSR count). The number of aliphatic hydroxyl groups is 2. The van der Waals surface area contributed by atoms with Crippen molar-refractivity contribution in [1.82, 2.24) is 5.32 Å². The standard InChI is InChI=1S/C57H103NO5/c1-4-7-10-13-16-19-22-25-27-29-32-35-38-41-44-47-50-57(62)63-53(48-45-42-39-36-33-30-24-21-18-15-12-9-6-3)51-56(61)58-54(52-59)55(60)49-46-43-40-37-34-31-28-26-23-20-17-14-11-8-5-2/h9,12,15,18,21,24,27,29,32,35,53-55,59-60H,4-8,10-11,13-14,16-17,19-20,22-23,25-26,28,30-31,33-34,36-52H2,1-3H3,(H,58,61)/b12-9+,18-15+,24-21+,29-27+,35-32+. The number of hydrogen-bond acceptors (Lipinski definition) is 5. The fraction of sp³-hybridized carbons (Fsp3) is 0.789. The van der Waals surface area contributed by atoms with E-state index in [-0.39, 0.29) is 24.9 Å². The molecule has 0 bridgehead atoms. The van der Waals surface area contributed by atoms with Crippen molar-refractivity contribution in [2.75, 3.05) is 6.61 Å². The van der Waals surface area contributed by atoms with E-state index >= 15 is 0 Å². The van der Waals surface area contributed by atoms with Gasteiger partial charge in [-0.1, -0.05) is 242 Å². The molecule has 1 amide bonds. The zero-order valence-corrected chi connectivity index (χ0v) is 41.7. The molecule has 0 fully saturated rings. The van der Waals surface area contributed by atoms with Crippen molar-refractivity contribution < 1.29 is 24.5 Å². The van der Waals surface area contributed by atoms with E-state index in [9.17, 15) is 19.8 Å². The van der Waals surface area contributed by atoms with Gasteiger partial charge in [-0.05, 0) is 70.6 Å². The topological polar surface area (TPSA) is 95.9 Å². The number of carbonyl (C=O) groups excluding carboxylic acids is 2.